The van der Waals surface area contributed by atoms with E-state index < -0.39 is 5.95 Å². The number of halogens is 1. The molecule has 0 amide bonds. The molecule has 0 aliphatic rings. The Hall–Kier alpha value is -2.82. The zero-order chi connectivity index (χ0) is 17.3. The summed E-state index contributed by atoms with van der Waals surface area (Å²) in [6.07, 6.45) is 3.32. The first-order valence-corrected chi connectivity index (χ1v) is 7.74. The Balaban J connectivity index is 2.00. The summed E-state index contributed by atoms with van der Waals surface area (Å²) < 4.78 is 13.7. The highest BCUT2D eigenvalue weighted by Crippen LogP contribution is 2.30. The molecular weight excluding hydrogens is 303 g/mol. The molecule has 0 aliphatic carbocycles. The summed E-state index contributed by atoms with van der Waals surface area (Å²) in [5, 5.41) is 6.05. The molecule has 0 unspecified atom stereocenters. The molecule has 0 spiro atoms. The van der Waals surface area contributed by atoms with Gasteiger partial charge >= 0.3 is 0 Å². The highest BCUT2D eigenvalue weighted by atomic mass is 19.1. The SMILES string of the molecule is CC(C)=Nc1ncc(-c2ccc(-c3cn[nH]c3F)cc2C)cc1C. The molecule has 24 heavy (non-hydrogen) atoms. The normalized spacial score (nSPS) is 10.7. The summed E-state index contributed by atoms with van der Waals surface area (Å²) in [7, 11) is 0. The van der Waals surface area contributed by atoms with Crippen LogP contribution >= 0.6 is 0 Å². The molecule has 3 aromatic rings. The van der Waals surface area contributed by atoms with Crippen LogP contribution in [0.3, 0.4) is 0 Å². The van der Waals surface area contributed by atoms with E-state index in [0.717, 1.165) is 39.3 Å². The molecule has 2 aromatic heterocycles. The predicted octanol–water partition coefficient (Wildman–Crippen LogP) is 5.01. The van der Waals surface area contributed by atoms with E-state index in [1.54, 1.807) is 0 Å². The first kappa shape index (κ1) is 16.1. The van der Waals surface area contributed by atoms with Gasteiger partial charge in [-0.2, -0.15) is 9.49 Å². The fourth-order valence-electron chi connectivity index (χ4n) is 2.67. The molecule has 4 nitrogen and oxygen atoms in total. The Kier molecular flexibility index (Phi) is 4.25. The Bertz CT molecular complexity index is 921. The van der Waals surface area contributed by atoms with Gasteiger partial charge in [0.05, 0.1) is 11.8 Å². The summed E-state index contributed by atoms with van der Waals surface area (Å²) in [6.45, 7) is 7.91. The van der Waals surface area contributed by atoms with E-state index >= 15 is 0 Å². The van der Waals surface area contributed by atoms with Crippen LogP contribution in [0.2, 0.25) is 0 Å². The average Bonchev–Trinajstić information content (AvgIpc) is 2.95. The van der Waals surface area contributed by atoms with Crippen molar-refractivity contribution in [1.29, 1.82) is 0 Å². The molecule has 1 N–H and O–H groups in total. The van der Waals surface area contributed by atoms with Gasteiger partial charge in [0.25, 0.3) is 0 Å². The summed E-state index contributed by atoms with van der Waals surface area (Å²) >= 11 is 0. The van der Waals surface area contributed by atoms with Crippen molar-refractivity contribution in [2.75, 3.05) is 0 Å². The number of benzene rings is 1. The molecule has 3 rings (SSSR count). The van der Waals surface area contributed by atoms with Gasteiger partial charge in [0.15, 0.2) is 5.82 Å². The molecule has 122 valence electrons. The fraction of sp³-hybridized carbons (Fsp3) is 0.211. The van der Waals surface area contributed by atoms with Gasteiger partial charge in [-0.25, -0.2) is 9.98 Å². The number of aromatic amines is 1. The Labute approximate surface area is 140 Å². The summed E-state index contributed by atoms with van der Waals surface area (Å²) in [5.41, 5.74) is 6.42. The molecule has 0 atom stereocenters. The quantitative estimate of drug-likeness (QED) is 0.689. The van der Waals surface area contributed by atoms with Crippen LogP contribution in [0.1, 0.15) is 25.0 Å². The number of hydrogen-bond acceptors (Lipinski definition) is 3. The second-order valence-electron chi connectivity index (χ2n) is 6.05. The zero-order valence-electron chi connectivity index (χ0n) is 14.2. The van der Waals surface area contributed by atoms with Crippen molar-refractivity contribution in [3.63, 3.8) is 0 Å². The van der Waals surface area contributed by atoms with Crippen molar-refractivity contribution >= 4 is 11.5 Å². The maximum atomic E-state index is 13.7. The minimum absolute atomic E-state index is 0.420. The van der Waals surface area contributed by atoms with Gasteiger partial charge in [0.1, 0.15) is 0 Å². The topological polar surface area (TPSA) is 53.9 Å². The van der Waals surface area contributed by atoms with Crippen LogP contribution in [0.4, 0.5) is 10.2 Å². The Morgan fingerprint density at radius 2 is 1.75 bits per heavy atom. The van der Waals surface area contributed by atoms with Crippen LogP contribution in [0, 0.1) is 19.8 Å². The van der Waals surface area contributed by atoms with Gasteiger partial charge in [0.2, 0.25) is 5.95 Å². The maximum Gasteiger partial charge on any atom is 0.216 e. The van der Waals surface area contributed by atoms with E-state index in [1.165, 1.54) is 6.20 Å². The molecule has 0 saturated carbocycles. The highest BCUT2D eigenvalue weighted by molar-refractivity contribution is 5.82. The first-order chi connectivity index (χ1) is 11.5. The number of aromatic nitrogens is 3. The Morgan fingerprint density at radius 3 is 2.33 bits per heavy atom. The van der Waals surface area contributed by atoms with Gasteiger partial charge in [-0.3, -0.25) is 5.10 Å². The number of aryl methyl sites for hydroxylation is 2. The molecule has 2 heterocycles. The molecule has 0 fully saturated rings. The van der Waals surface area contributed by atoms with Crippen molar-refractivity contribution in [2.24, 2.45) is 4.99 Å². The standard InChI is InChI=1S/C19H19FN4/c1-11(2)23-19-13(4)8-15(9-21-19)16-6-5-14(7-12(16)3)17-10-22-24-18(17)20/h5-10H,1-4H3,(H,22,24). The van der Waals surface area contributed by atoms with Crippen molar-refractivity contribution in [3.8, 4) is 22.3 Å². The van der Waals surface area contributed by atoms with Crippen LogP contribution in [-0.4, -0.2) is 20.9 Å². The molecule has 0 aliphatic heterocycles. The van der Waals surface area contributed by atoms with E-state index in [9.17, 15) is 4.39 Å². The van der Waals surface area contributed by atoms with Crippen LogP contribution < -0.4 is 0 Å². The monoisotopic (exact) mass is 322 g/mol. The zero-order valence-corrected chi connectivity index (χ0v) is 14.2. The largest absolute Gasteiger partial charge is 0.253 e. The van der Waals surface area contributed by atoms with Crippen LogP contribution in [0.15, 0.2) is 41.7 Å². The summed E-state index contributed by atoms with van der Waals surface area (Å²) in [5.74, 6) is 0.324. The lowest BCUT2D eigenvalue weighted by Crippen LogP contribution is -1.90. The highest BCUT2D eigenvalue weighted by Gasteiger charge is 2.10. The van der Waals surface area contributed by atoms with E-state index in [2.05, 4.69) is 26.2 Å². The van der Waals surface area contributed by atoms with Gasteiger partial charge in [-0.15, -0.1) is 0 Å². The lowest BCUT2D eigenvalue weighted by atomic mass is 9.97. The lowest BCUT2D eigenvalue weighted by molar-refractivity contribution is 0.582. The Morgan fingerprint density at radius 1 is 1.00 bits per heavy atom. The number of nitrogens with zero attached hydrogens (tertiary/aromatic N) is 3. The third-order valence-electron chi connectivity index (χ3n) is 3.82. The number of aliphatic imine (C=N–C) groups is 1. The smallest absolute Gasteiger partial charge is 0.216 e. The fourth-order valence-corrected chi connectivity index (χ4v) is 2.67. The first-order valence-electron chi connectivity index (χ1n) is 7.74. The van der Waals surface area contributed by atoms with Crippen molar-refractivity contribution in [2.45, 2.75) is 27.7 Å². The van der Waals surface area contributed by atoms with E-state index in [0.29, 0.717) is 5.56 Å². The molecule has 0 saturated heterocycles. The van der Waals surface area contributed by atoms with Crippen molar-refractivity contribution < 1.29 is 4.39 Å². The summed E-state index contributed by atoms with van der Waals surface area (Å²) in [4.78, 5) is 8.89. The molecule has 0 bridgehead atoms. The number of nitrogens with one attached hydrogen (secondary N) is 1. The number of rotatable bonds is 3. The number of pyridine rings is 1. The van der Waals surface area contributed by atoms with Gasteiger partial charge in [-0.05, 0) is 56.0 Å². The lowest BCUT2D eigenvalue weighted by Gasteiger charge is -2.10. The van der Waals surface area contributed by atoms with Crippen LogP contribution in [0.25, 0.3) is 22.3 Å². The van der Waals surface area contributed by atoms with Crippen LogP contribution in [-0.2, 0) is 0 Å². The minimum Gasteiger partial charge on any atom is -0.253 e. The van der Waals surface area contributed by atoms with Gasteiger partial charge in [0, 0.05) is 17.5 Å². The molecule has 5 heteroatoms. The number of hydrogen-bond donors (Lipinski definition) is 1. The second-order valence-corrected chi connectivity index (χ2v) is 6.05. The van der Waals surface area contributed by atoms with E-state index in [1.807, 2.05) is 52.1 Å². The van der Waals surface area contributed by atoms with Crippen molar-refractivity contribution in [3.05, 3.63) is 53.7 Å². The maximum absolute atomic E-state index is 13.7. The van der Waals surface area contributed by atoms with E-state index in [-0.39, 0.29) is 0 Å². The minimum atomic E-state index is -0.420. The molecular formula is C19H19FN4. The predicted molar refractivity (Wildman–Crippen MR) is 95.1 cm³/mol. The summed E-state index contributed by atoms with van der Waals surface area (Å²) in [6, 6.07) is 7.92. The van der Waals surface area contributed by atoms with Gasteiger partial charge < -0.3 is 0 Å². The molecule has 1 aromatic carbocycles. The third kappa shape index (κ3) is 3.11. The van der Waals surface area contributed by atoms with Crippen LogP contribution in [0.5, 0.6) is 0 Å². The number of H-pyrrole nitrogens is 1. The second kappa shape index (κ2) is 6.35. The van der Waals surface area contributed by atoms with Crippen molar-refractivity contribution in [1.82, 2.24) is 15.2 Å². The van der Waals surface area contributed by atoms with E-state index in [4.69, 9.17) is 0 Å². The molecule has 0 radical (unpaired) electrons. The van der Waals surface area contributed by atoms with Gasteiger partial charge in [-0.1, -0.05) is 18.2 Å². The average molecular weight is 322 g/mol. The third-order valence-corrected chi connectivity index (χ3v) is 3.82.